The van der Waals surface area contributed by atoms with Gasteiger partial charge in [-0.2, -0.15) is 10.1 Å². The molecule has 0 unspecified atom stereocenters. The van der Waals surface area contributed by atoms with Gasteiger partial charge in [0.25, 0.3) is 5.91 Å². The fraction of sp³-hybridized carbons (Fsp3) is 0.389. The lowest BCUT2D eigenvalue weighted by Crippen LogP contribution is -2.39. The molecular formula is C18H22N8O2. The van der Waals surface area contributed by atoms with Crippen LogP contribution in [0.2, 0.25) is 0 Å². The Morgan fingerprint density at radius 1 is 1.25 bits per heavy atom. The van der Waals surface area contributed by atoms with E-state index in [9.17, 15) is 9.59 Å². The first kappa shape index (κ1) is 18.0. The Labute approximate surface area is 161 Å². The van der Waals surface area contributed by atoms with Crippen molar-refractivity contribution >= 4 is 11.9 Å². The van der Waals surface area contributed by atoms with Crippen LogP contribution in [0.1, 0.15) is 40.8 Å². The van der Waals surface area contributed by atoms with E-state index < -0.39 is 0 Å². The summed E-state index contributed by atoms with van der Waals surface area (Å²) in [5.41, 5.74) is 6.39. The molecule has 1 fully saturated rings. The summed E-state index contributed by atoms with van der Waals surface area (Å²) < 4.78 is 3.11. The van der Waals surface area contributed by atoms with E-state index >= 15 is 0 Å². The zero-order chi connectivity index (χ0) is 19.7. The quantitative estimate of drug-likeness (QED) is 0.670. The van der Waals surface area contributed by atoms with E-state index in [4.69, 9.17) is 5.73 Å². The molecule has 1 aliphatic rings. The fourth-order valence-electron chi connectivity index (χ4n) is 3.60. The van der Waals surface area contributed by atoms with Gasteiger partial charge in [-0.15, -0.1) is 5.10 Å². The van der Waals surface area contributed by atoms with Crippen molar-refractivity contribution < 1.29 is 4.79 Å². The molecule has 2 aromatic heterocycles. The molecule has 3 aromatic rings. The van der Waals surface area contributed by atoms with Crippen molar-refractivity contribution in [2.75, 3.05) is 18.8 Å². The fourth-order valence-corrected chi connectivity index (χ4v) is 3.60. The Balaban J connectivity index is 1.50. The molecule has 1 aliphatic heterocycles. The first-order valence-corrected chi connectivity index (χ1v) is 9.17. The molecule has 28 heavy (non-hydrogen) atoms. The standard InChI is InChI=1S/C18H22N8O2/c1-24-18(28)26(11-12-5-3-2-4-6-12)15(23-24)13-7-9-25(10-8-13)16(27)14-20-17(19)22-21-14/h2-6,13H,7-11H2,1H3,(H3,19,20,21,22). The molecule has 10 nitrogen and oxygen atoms in total. The van der Waals surface area contributed by atoms with Crippen molar-refractivity contribution in [3.63, 3.8) is 0 Å². The molecule has 146 valence electrons. The van der Waals surface area contributed by atoms with Gasteiger partial charge in [-0.1, -0.05) is 30.3 Å². The number of piperidine rings is 1. The summed E-state index contributed by atoms with van der Waals surface area (Å²) >= 11 is 0. The van der Waals surface area contributed by atoms with Gasteiger partial charge in [-0.3, -0.25) is 14.5 Å². The zero-order valence-corrected chi connectivity index (χ0v) is 15.6. The monoisotopic (exact) mass is 382 g/mol. The number of carbonyl (C=O) groups is 1. The van der Waals surface area contributed by atoms with E-state index in [2.05, 4.69) is 20.3 Å². The highest BCUT2D eigenvalue weighted by atomic mass is 16.2. The maximum absolute atomic E-state index is 12.6. The van der Waals surface area contributed by atoms with Gasteiger partial charge in [0, 0.05) is 26.1 Å². The highest BCUT2D eigenvalue weighted by Crippen LogP contribution is 2.27. The van der Waals surface area contributed by atoms with Gasteiger partial charge in [0.05, 0.1) is 6.54 Å². The second-order valence-electron chi connectivity index (χ2n) is 6.94. The first-order valence-electron chi connectivity index (χ1n) is 9.17. The summed E-state index contributed by atoms with van der Waals surface area (Å²) in [7, 11) is 1.67. The minimum atomic E-state index is -0.217. The molecule has 0 saturated carbocycles. The van der Waals surface area contributed by atoms with Gasteiger partial charge in [0.15, 0.2) is 0 Å². The number of amides is 1. The molecule has 0 radical (unpaired) electrons. The molecule has 0 atom stereocenters. The van der Waals surface area contributed by atoms with Crippen LogP contribution in [0, 0.1) is 0 Å². The molecule has 3 N–H and O–H groups in total. The van der Waals surface area contributed by atoms with E-state index in [1.807, 2.05) is 30.3 Å². The largest absolute Gasteiger partial charge is 0.366 e. The Morgan fingerprint density at radius 2 is 1.96 bits per heavy atom. The number of hydrogen-bond donors (Lipinski definition) is 2. The van der Waals surface area contributed by atoms with Gasteiger partial charge in [0.2, 0.25) is 11.8 Å². The number of nitrogens with one attached hydrogen (secondary N) is 1. The summed E-state index contributed by atoms with van der Waals surface area (Å²) in [5, 5.41) is 10.7. The van der Waals surface area contributed by atoms with Crippen molar-refractivity contribution in [3.05, 3.63) is 58.0 Å². The van der Waals surface area contributed by atoms with E-state index in [1.54, 1.807) is 16.5 Å². The maximum Gasteiger partial charge on any atom is 0.345 e. The van der Waals surface area contributed by atoms with E-state index in [1.165, 1.54) is 4.68 Å². The second kappa shape index (κ2) is 7.29. The summed E-state index contributed by atoms with van der Waals surface area (Å²) in [5.74, 6) is 0.866. The summed E-state index contributed by atoms with van der Waals surface area (Å²) in [6, 6.07) is 9.85. The lowest BCUT2D eigenvalue weighted by molar-refractivity contribution is 0.0698. The second-order valence-corrected chi connectivity index (χ2v) is 6.94. The third-order valence-corrected chi connectivity index (χ3v) is 5.07. The Morgan fingerprint density at radius 3 is 2.61 bits per heavy atom. The van der Waals surface area contributed by atoms with E-state index in [-0.39, 0.29) is 29.3 Å². The Kier molecular flexibility index (Phi) is 4.68. The van der Waals surface area contributed by atoms with Crippen molar-refractivity contribution in [2.45, 2.75) is 25.3 Å². The number of aryl methyl sites for hydroxylation is 1. The number of carbonyl (C=O) groups excluding carboxylic acids is 1. The summed E-state index contributed by atoms with van der Waals surface area (Å²) in [6.45, 7) is 1.60. The van der Waals surface area contributed by atoms with Crippen LogP contribution in [0.4, 0.5) is 5.95 Å². The van der Waals surface area contributed by atoms with Crippen molar-refractivity contribution in [3.8, 4) is 0 Å². The number of anilines is 1. The lowest BCUT2D eigenvalue weighted by atomic mass is 9.95. The maximum atomic E-state index is 12.6. The van der Waals surface area contributed by atoms with Gasteiger partial charge in [0.1, 0.15) is 5.82 Å². The third-order valence-electron chi connectivity index (χ3n) is 5.07. The van der Waals surface area contributed by atoms with Crippen molar-refractivity contribution in [1.82, 2.24) is 34.4 Å². The highest BCUT2D eigenvalue weighted by Gasteiger charge is 2.29. The minimum Gasteiger partial charge on any atom is -0.366 e. The van der Waals surface area contributed by atoms with Crippen molar-refractivity contribution in [2.24, 2.45) is 7.05 Å². The van der Waals surface area contributed by atoms with Crippen LogP contribution in [0.3, 0.4) is 0 Å². The third kappa shape index (κ3) is 3.40. The highest BCUT2D eigenvalue weighted by molar-refractivity contribution is 5.90. The lowest BCUT2D eigenvalue weighted by Gasteiger charge is -2.31. The number of nitrogen functional groups attached to an aromatic ring is 1. The molecule has 3 heterocycles. The number of rotatable bonds is 4. The number of aromatic amines is 1. The predicted molar refractivity (Wildman–Crippen MR) is 102 cm³/mol. The summed E-state index contributed by atoms with van der Waals surface area (Å²) in [4.78, 5) is 30.7. The number of nitrogens with zero attached hydrogens (tertiary/aromatic N) is 6. The van der Waals surface area contributed by atoms with Crippen LogP contribution < -0.4 is 11.4 Å². The van der Waals surface area contributed by atoms with Gasteiger partial charge >= 0.3 is 5.69 Å². The Bertz CT molecular complexity index is 1030. The molecular weight excluding hydrogens is 360 g/mol. The number of likely N-dealkylation sites (tertiary alicyclic amines) is 1. The van der Waals surface area contributed by atoms with Gasteiger partial charge < -0.3 is 10.6 Å². The van der Waals surface area contributed by atoms with Crippen LogP contribution in [0.25, 0.3) is 0 Å². The molecule has 1 saturated heterocycles. The molecule has 0 spiro atoms. The normalized spacial score (nSPS) is 15.1. The van der Waals surface area contributed by atoms with E-state index in [0.29, 0.717) is 19.6 Å². The van der Waals surface area contributed by atoms with Crippen LogP contribution in [-0.4, -0.2) is 53.4 Å². The number of hydrogen-bond acceptors (Lipinski definition) is 6. The van der Waals surface area contributed by atoms with E-state index in [0.717, 1.165) is 24.2 Å². The van der Waals surface area contributed by atoms with Crippen LogP contribution in [0.5, 0.6) is 0 Å². The number of benzene rings is 1. The minimum absolute atomic E-state index is 0.0525. The average molecular weight is 382 g/mol. The summed E-state index contributed by atoms with van der Waals surface area (Å²) in [6.07, 6.45) is 1.45. The number of aromatic nitrogens is 6. The average Bonchev–Trinajstić information content (AvgIpc) is 3.27. The molecule has 1 amide bonds. The number of nitrogens with two attached hydrogens (primary N) is 1. The first-order chi connectivity index (χ1) is 13.5. The van der Waals surface area contributed by atoms with Crippen LogP contribution in [-0.2, 0) is 13.6 Å². The zero-order valence-electron chi connectivity index (χ0n) is 15.6. The molecule has 0 aliphatic carbocycles. The molecule has 10 heteroatoms. The smallest absolute Gasteiger partial charge is 0.345 e. The van der Waals surface area contributed by atoms with Gasteiger partial charge in [-0.05, 0) is 18.4 Å². The Hall–Kier alpha value is -3.43. The molecule has 0 bridgehead atoms. The molecule has 1 aromatic carbocycles. The number of H-pyrrole nitrogens is 1. The molecule has 4 rings (SSSR count). The predicted octanol–water partition coefficient (Wildman–Crippen LogP) is 0.350. The SMILES string of the molecule is Cn1nc(C2CCN(C(=O)c3nc(N)n[nH]3)CC2)n(Cc2ccccc2)c1=O. The van der Waals surface area contributed by atoms with Crippen LogP contribution in [0.15, 0.2) is 35.1 Å². The van der Waals surface area contributed by atoms with Gasteiger partial charge in [-0.25, -0.2) is 9.48 Å². The van der Waals surface area contributed by atoms with Crippen LogP contribution >= 0.6 is 0 Å². The topological polar surface area (TPSA) is 128 Å². The van der Waals surface area contributed by atoms with Crippen molar-refractivity contribution in [1.29, 1.82) is 0 Å².